The predicted octanol–water partition coefficient (Wildman–Crippen LogP) is 2.81. The zero-order valence-electron chi connectivity index (χ0n) is 9.18. The van der Waals surface area contributed by atoms with E-state index < -0.39 is 0 Å². The van der Waals surface area contributed by atoms with E-state index in [1.807, 2.05) is 6.07 Å². The summed E-state index contributed by atoms with van der Waals surface area (Å²) in [4.78, 5) is 0. The minimum atomic E-state index is 0.0921. The lowest BCUT2D eigenvalue weighted by molar-refractivity contribution is 0.435. The average Bonchev–Trinajstić information content (AvgIpc) is 2.87. The smallest absolute Gasteiger partial charge is 0.132 e. The first-order chi connectivity index (χ1) is 7.69. The molecule has 1 saturated heterocycles. The molecular formula is C12H14ClN3. The number of rotatable bonds is 1. The number of hydrogen-bond acceptors (Lipinski definition) is 2. The number of hydrogen-bond donors (Lipinski definition) is 2. The van der Waals surface area contributed by atoms with Crippen LogP contribution in [0.15, 0.2) is 18.2 Å². The van der Waals surface area contributed by atoms with Gasteiger partial charge in [0, 0.05) is 10.9 Å². The molecule has 0 aliphatic carbocycles. The van der Waals surface area contributed by atoms with Crippen molar-refractivity contribution in [3.05, 3.63) is 28.9 Å². The number of nitrogens with one attached hydrogen (secondary N) is 2. The molecule has 4 heteroatoms. The lowest BCUT2D eigenvalue weighted by atomic mass is 9.90. The van der Waals surface area contributed by atoms with E-state index >= 15 is 0 Å². The summed E-state index contributed by atoms with van der Waals surface area (Å²) in [5.41, 5.74) is 2.31. The third-order valence-electron chi connectivity index (χ3n) is 3.51. The fraction of sp³-hybridized carbons (Fsp3) is 0.417. The number of H-pyrrole nitrogens is 1. The normalized spacial score (nSPS) is 25.4. The summed E-state index contributed by atoms with van der Waals surface area (Å²) < 4.78 is 0. The summed E-state index contributed by atoms with van der Waals surface area (Å²) in [6, 6.07) is 6.30. The highest BCUT2D eigenvalue weighted by Crippen LogP contribution is 2.33. The molecule has 0 radical (unpaired) electrons. The van der Waals surface area contributed by atoms with Crippen molar-refractivity contribution in [3.63, 3.8) is 0 Å². The number of nitrogens with zero attached hydrogens (tertiary/aromatic N) is 1. The summed E-state index contributed by atoms with van der Waals surface area (Å²) in [7, 11) is 0. The molecule has 1 aliphatic heterocycles. The largest absolute Gasteiger partial charge is 0.308 e. The van der Waals surface area contributed by atoms with Crippen LogP contribution in [0.4, 0.5) is 0 Å². The zero-order chi connectivity index (χ0) is 11.2. The van der Waals surface area contributed by atoms with E-state index in [-0.39, 0.29) is 5.54 Å². The molecule has 1 atom stereocenters. The molecule has 3 rings (SSSR count). The molecular weight excluding hydrogens is 222 g/mol. The van der Waals surface area contributed by atoms with Gasteiger partial charge in [0.25, 0.3) is 0 Å². The lowest BCUT2D eigenvalue weighted by Gasteiger charge is -2.24. The first-order valence-electron chi connectivity index (χ1n) is 5.58. The van der Waals surface area contributed by atoms with Gasteiger partial charge < -0.3 is 5.32 Å². The Morgan fingerprint density at radius 1 is 1.44 bits per heavy atom. The number of aromatic nitrogens is 2. The Bertz CT molecular complexity index is 526. The van der Waals surface area contributed by atoms with Crippen LogP contribution in [0, 0.1) is 0 Å². The lowest BCUT2D eigenvalue weighted by Crippen LogP contribution is -2.32. The highest BCUT2D eigenvalue weighted by atomic mass is 35.5. The van der Waals surface area contributed by atoms with Crippen LogP contribution >= 0.6 is 11.6 Å². The van der Waals surface area contributed by atoms with E-state index in [9.17, 15) is 0 Å². The van der Waals surface area contributed by atoms with Crippen molar-refractivity contribution in [2.75, 3.05) is 6.54 Å². The van der Waals surface area contributed by atoms with Crippen molar-refractivity contribution < 1.29 is 0 Å². The van der Waals surface area contributed by atoms with E-state index in [0.29, 0.717) is 5.15 Å². The molecule has 1 fully saturated rings. The second-order valence-corrected chi connectivity index (χ2v) is 5.01. The minimum absolute atomic E-state index is 0.0921. The molecule has 0 bridgehead atoms. The van der Waals surface area contributed by atoms with Gasteiger partial charge in [-0.15, -0.1) is 0 Å². The molecule has 1 aromatic heterocycles. The first kappa shape index (κ1) is 10.1. The van der Waals surface area contributed by atoms with Crippen molar-refractivity contribution in [2.24, 2.45) is 0 Å². The summed E-state index contributed by atoms with van der Waals surface area (Å²) in [6.07, 6.45) is 2.40. The van der Waals surface area contributed by atoms with Crippen LogP contribution in [-0.2, 0) is 5.54 Å². The third-order valence-corrected chi connectivity index (χ3v) is 3.80. The summed E-state index contributed by atoms with van der Waals surface area (Å²) >= 11 is 6.06. The SMILES string of the molecule is CC1(c2ccc3n[nH]c(Cl)c3c2)CCCN1. The monoisotopic (exact) mass is 235 g/mol. The maximum absolute atomic E-state index is 6.06. The van der Waals surface area contributed by atoms with Gasteiger partial charge in [-0.3, -0.25) is 5.10 Å². The Morgan fingerprint density at radius 3 is 3.06 bits per heavy atom. The number of halogens is 1. The van der Waals surface area contributed by atoms with Gasteiger partial charge in [0.15, 0.2) is 0 Å². The van der Waals surface area contributed by atoms with Crippen molar-refractivity contribution in [2.45, 2.75) is 25.3 Å². The fourth-order valence-corrected chi connectivity index (χ4v) is 2.66. The summed E-state index contributed by atoms with van der Waals surface area (Å²) in [5.74, 6) is 0. The Hall–Kier alpha value is -1.06. The van der Waals surface area contributed by atoms with Gasteiger partial charge in [0.05, 0.1) is 5.52 Å². The summed E-state index contributed by atoms with van der Waals surface area (Å²) in [6.45, 7) is 3.34. The maximum atomic E-state index is 6.06. The van der Waals surface area contributed by atoms with Crippen LogP contribution < -0.4 is 5.32 Å². The van der Waals surface area contributed by atoms with Crippen molar-refractivity contribution in [1.29, 1.82) is 0 Å². The number of fused-ring (bicyclic) bond motifs is 1. The van der Waals surface area contributed by atoms with E-state index in [2.05, 4.69) is 34.6 Å². The molecule has 0 amide bonds. The van der Waals surface area contributed by atoms with Crippen LogP contribution in [-0.4, -0.2) is 16.7 Å². The molecule has 1 unspecified atom stereocenters. The van der Waals surface area contributed by atoms with Crippen molar-refractivity contribution in [3.8, 4) is 0 Å². The quantitative estimate of drug-likeness (QED) is 0.798. The van der Waals surface area contributed by atoms with Gasteiger partial charge in [-0.25, -0.2) is 0 Å². The Labute approximate surface area is 99.2 Å². The number of aromatic amines is 1. The highest BCUT2D eigenvalue weighted by molar-refractivity contribution is 6.34. The maximum Gasteiger partial charge on any atom is 0.132 e. The molecule has 2 N–H and O–H groups in total. The van der Waals surface area contributed by atoms with E-state index in [1.165, 1.54) is 18.4 Å². The van der Waals surface area contributed by atoms with Gasteiger partial charge in [0.2, 0.25) is 0 Å². The predicted molar refractivity (Wildman–Crippen MR) is 65.7 cm³/mol. The molecule has 2 heterocycles. The molecule has 16 heavy (non-hydrogen) atoms. The average molecular weight is 236 g/mol. The van der Waals surface area contributed by atoms with E-state index in [4.69, 9.17) is 11.6 Å². The van der Waals surface area contributed by atoms with Gasteiger partial charge in [-0.05, 0) is 44.0 Å². The van der Waals surface area contributed by atoms with Crippen LogP contribution in [0.1, 0.15) is 25.3 Å². The number of benzene rings is 1. The second kappa shape index (κ2) is 3.47. The van der Waals surface area contributed by atoms with Crippen LogP contribution in [0.3, 0.4) is 0 Å². The molecule has 2 aromatic rings. The first-order valence-corrected chi connectivity index (χ1v) is 5.96. The molecule has 0 spiro atoms. The van der Waals surface area contributed by atoms with Gasteiger partial charge in [-0.1, -0.05) is 17.7 Å². The fourth-order valence-electron chi connectivity index (χ4n) is 2.46. The molecule has 1 aliphatic rings. The Kier molecular flexibility index (Phi) is 2.19. The minimum Gasteiger partial charge on any atom is -0.308 e. The molecule has 1 aromatic carbocycles. The topological polar surface area (TPSA) is 40.7 Å². The van der Waals surface area contributed by atoms with Gasteiger partial charge in [-0.2, -0.15) is 5.10 Å². The van der Waals surface area contributed by atoms with Crippen LogP contribution in [0.5, 0.6) is 0 Å². The molecule has 84 valence electrons. The van der Waals surface area contributed by atoms with Gasteiger partial charge in [0.1, 0.15) is 5.15 Å². The van der Waals surface area contributed by atoms with Crippen molar-refractivity contribution in [1.82, 2.24) is 15.5 Å². The van der Waals surface area contributed by atoms with Crippen molar-refractivity contribution >= 4 is 22.5 Å². The van der Waals surface area contributed by atoms with Gasteiger partial charge >= 0.3 is 0 Å². The molecule has 3 nitrogen and oxygen atoms in total. The van der Waals surface area contributed by atoms with E-state index in [0.717, 1.165) is 17.4 Å². The molecule has 0 saturated carbocycles. The third kappa shape index (κ3) is 1.43. The second-order valence-electron chi connectivity index (χ2n) is 4.63. The Morgan fingerprint density at radius 2 is 2.31 bits per heavy atom. The zero-order valence-corrected chi connectivity index (χ0v) is 9.93. The Balaban J connectivity index is 2.13. The standard InChI is InChI=1S/C12H14ClN3/c1-12(5-2-6-14-12)8-3-4-10-9(7-8)11(13)16-15-10/h3-4,7,14H,2,5-6H2,1H3,(H,15,16). The van der Waals surface area contributed by atoms with E-state index in [1.54, 1.807) is 0 Å². The highest BCUT2D eigenvalue weighted by Gasteiger charge is 2.30. The van der Waals surface area contributed by atoms with Crippen LogP contribution in [0.25, 0.3) is 10.9 Å². The summed E-state index contributed by atoms with van der Waals surface area (Å²) in [5, 5.41) is 12.1. The van der Waals surface area contributed by atoms with Crippen LogP contribution in [0.2, 0.25) is 5.15 Å².